The van der Waals surface area contributed by atoms with E-state index in [1.807, 2.05) is 12.1 Å². The molecule has 2 aliphatic carbocycles. The second-order valence-electron chi connectivity index (χ2n) is 5.69. The van der Waals surface area contributed by atoms with Crippen molar-refractivity contribution in [2.75, 3.05) is 0 Å². The summed E-state index contributed by atoms with van der Waals surface area (Å²) in [5.74, 6) is -0.191. The summed E-state index contributed by atoms with van der Waals surface area (Å²) in [6, 6.07) is 8.23. The largest absolute Gasteiger partial charge is 0.369 e. The van der Waals surface area contributed by atoms with Crippen LogP contribution in [0.1, 0.15) is 36.8 Å². The van der Waals surface area contributed by atoms with E-state index >= 15 is 0 Å². The maximum atomic E-state index is 11.5. The average Bonchev–Trinajstić information content (AvgIpc) is 3.15. The van der Waals surface area contributed by atoms with Gasteiger partial charge in [-0.25, -0.2) is 0 Å². The molecule has 17 heavy (non-hydrogen) atoms. The third-order valence-electron chi connectivity index (χ3n) is 4.15. The van der Waals surface area contributed by atoms with E-state index in [2.05, 4.69) is 12.1 Å². The molecule has 1 aromatic carbocycles. The molecule has 2 aliphatic rings. The predicted molar refractivity (Wildman–Crippen MR) is 66.4 cm³/mol. The van der Waals surface area contributed by atoms with Crippen LogP contribution in [0.2, 0.25) is 0 Å². The summed E-state index contributed by atoms with van der Waals surface area (Å²) >= 11 is 0. The summed E-state index contributed by atoms with van der Waals surface area (Å²) in [5, 5.41) is 0. The molecule has 0 unspecified atom stereocenters. The van der Waals surface area contributed by atoms with E-state index in [9.17, 15) is 4.79 Å². The maximum absolute atomic E-state index is 11.5. The van der Waals surface area contributed by atoms with Crippen molar-refractivity contribution in [3.8, 4) is 0 Å². The summed E-state index contributed by atoms with van der Waals surface area (Å²) in [7, 11) is 0. The van der Waals surface area contributed by atoms with Crippen LogP contribution in [0.25, 0.3) is 0 Å². The molecule has 2 saturated carbocycles. The third-order valence-corrected chi connectivity index (χ3v) is 4.15. The Labute approximate surface area is 101 Å². The van der Waals surface area contributed by atoms with Gasteiger partial charge in [-0.1, -0.05) is 24.3 Å². The molecule has 0 atom stereocenters. The van der Waals surface area contributed by atoms with Gasteiger partial charge in [0, 0.05) is 5.54 Å². The third kappa shape index (κ3) is 1.84. The number of nitrogens with two attached hydrogens (primary N) is 2. The first kappa shape index (κ1) is 10.8. The fourth-order valence-electron chi connectivity index (χ4n) is 2.53. The Bertz CT molecular complexity index is 473. The molecule has 90 valence electrons. The van der Waals surface area contributed by atoms with Crippen molar-refractivity contribution >= 4 is 5.91 Å². The van der Waals surface area contributed by atoms with E-state index in [0.29, 0.717) is 0 Å². The van der Waals surface area contributed by atoms with Gasteiger partial charge in [0.15, 0.2) is 0 Å². The van der Waals surface area contributed by atoms with Crippen molar-refractivity contribution < 1.29 is 4.79 Å². The van der Waals surface area contributed by atoms with Crippen molar-refractivity contribution in [1.82, 2.24) is 0 Å². The van der Waals surface area contributed by atoms with Gasteiger partial charge in [-0.2, -0.15) is 0 Å². The van der Waals surface area contributed by atoms with Gasteiger partial charge in [0.1, 0.15) is 0 Å². The fraction of sp³-hybridized carbons (Fsp3) is 0.500. The van der Waals surface area contributed by atoms with Crippen LogP contribution in [-0.4, -0.2) is 11.4 Å². The van der Waals surface area contributed by atoms with E-state index in [4.69, 9.17) is 11.5 Å². The smallest absolute Gasteiger partial charge is 0.228 e. The van der Waals surface area contributed by atoms with Crippen molar-refractivity contribution in [1.29, 1.82) is 0 Å². The van der Waals surface area contributed by atoms with Crippen LogP contribution >= 0.6 is 0 Å². The molecule has 0 aliphatic heterocycles. The Kier molecular flexibility index (Phi) is 2.11. The van der Waals surface area contributed by atoms with Crippen molar-refractivity contribution in [3.05, 3.63) is 35.4 Å². The maximum Gasteiger partial charge on any atom is 0.228 e. The number of rotatable bonds is 4. The molecule has 0 radical (unpaired) electrons. The van der Waals surface area contributed by atoms with Crippen LogP contribution in [-0.2, 0) is 16.6 Å². The lowest BCUT2D eigenvalue weighted by molar-refractivity contribution is -0.120. The average molecular weight is 230 g/mol. The summed E-state index contributed by atoms with van der Waals surface area (Å²) in [6.45, 7) is 0. The minimum absolute atomic E-state index is 0.0159. The van der Waals surface area contributed by atoms with E-state index < -0.39 is 0 Å². The van der Waals surface area contributed by atoms with Gasteiger partial charge in [-0.15, -0.1) is 0 Å². The molecular weight excluding hydrogens is 212 g/mol. The molecule has 0 heterocycles. The molecule has 0 saturated heterocycles. The van der Waals surface area contributed by atoms with E-state index in [-0.39, 0.29) is 16.9 Å². The van der Waals surface area contributed by atoms with Crippen LogP contribution in [0.15, 0.2) is 24.3 Å². The van der Waals surface area contributed by atoms with E-state index in [0.717, 1.165) is 37.7 Å². The highest BCUT2D eigenvalue weighted by Gasteiger charge is 2.50. The summed E-state index contributed by atoms with van der Waals surface area (Å²) in [5.41, 5.74) is 13.6. The normalized spacial score (nSPS) is 23.1. The number of hydrogen-bond donors (Lipinski definition) is 2. The first-order valence-electron chi connectivity index (χ1n) is 6.22. The number of primary amides is 1. The molecule has 0 spiro atoms. The van der Waals surface area contributed by atoms with Gasteiger partial charge in [0.25, 0.3) is 0 Å². The molecule has 4 N–H and O–H groups in total. The highest BCUT2D eigenvalue weighted by Crippen LogP contribution is 2.48. The van der Waals surface area contributed by atoms with E-state index in [1.54, 1.807) is 0 Å². The summed E-state index contributed by atoms with van der Waals surface area (Å²) in [4.78, 5) is 11.5. The molecule has 1 aromatic rings. The fourth-order valence-corrected chi connectivity index (χ4v) is 2.53. The van der Waals surface area contributed by atoms with Crippen LogP contribution in [0.5, 0.6) is 0 Å². The molecule has 0 bridgehead atoms. The standard InChI is InChI=1S/C14H18N2O/c15-12(17)14(6-7-14)11-3-1-2-10(8-11)9-13(16)4-5-13/h1-3,8H,4-7,9,16H2,(H2,15,17). The van der Waals surface area contributed by atoms with Crippen molar-refractivity contribution in [2.45, 2.75) is 43.1 Å². The summed E-state index contributed by atoms with van der Waals surface area (Å²) in [6.07, 6.45) is 4.91. The minimum atomic E-state index is -0.374. The number of hydrogen-bond acceptors (Lipinski definition) is 2. The lowest BCUT2D eigenvalue weighted by atomic mass is 9.92. The van der Waals surface area contributed by atoms with E-state index in [1.165, 1.54) is 5.56 Å². The zero-order valence-electron chi connectivity index (χ0n) is 9.91. The van der Waals surface area contributed by atoms with Crippen LogP contribution in [0.3, 0.4) is 0 Å². The lowest BCUT2D eigenvalue weighted by Crippen LogP contribution is -2.29. The Balaban J connectivity index is 1.86. The molecule has 3 rings (SSSR count). The van der Waals surface area contributed by atoms with Crippen molar-refractivity contribution in [3.63, 3.8) is 0 Å². The summed E-state index contributed by atoms with van der Waals surface area (Å²) < 4.78 is 0. The zero-order valence-corrected chi connectivity index (χ0v) is 9.91. The Morgan fingerprint density at radius 2 is 1.94 bits per heavy atom. The predicted octanol–water partition coefficient (Wildman–Crippen LogP) is 1.24. The first-order valence-corrected chi connectivity index (χ1v) is 6.22. The van der Waals surface area contributed by atoms with Gasteiger partial charge in [0.05, 0.1) is 5.41 Å². The second kappa shape index (κ2) is 3.33. The van der Waals surface area contributed by atoms with Crippen LogP contribution in [0.4, 0.5) is 0 Å². The molecule has 3 nitrogen and oxygen atoms in total. The van der Waals surface area contributed by atoms with Gasteiger partial charge in [-0.3, -0.25) is 4.79 Å². The number of amides is 1. The Morgan fingerprint density at radius 1 is 1.24 bits per heavy atom. The van der Waals surface area contributed by atoms with Crippen molar-refractivity contribution in [2.24, 2.45) is 11.5 Å². The van der Waals surface area contributed by atoms with Crippen LogP contribution in [0, 0.1) is 0 Å². The molecule has 3 heteroatoms. The second-order valence-corrected chi connectivity index (χ2v) is 5.69. The molecule has 1 amide bonds. The number of carbonyl (C=O) groups is 1. The number of benzene rings is 1. The Morgan fingerprint density at radius 3 is 2.47 bits per heavy atom. The molecule has 0 aromatic heterocycles. The number of carbonyl (C=O) groups excluding carboxylic acids is 1. The zero-order chi connectivity index (χ0) is 12.1. The highest BCUT2D eigenvalue weighted by molar-refractivity contribution is 5.89. The first-order chi connectivity index (χ1) is 8.04. The molecular formula is C14H18N2O. The monoisotopic (exact) mass is 230 g/mol. The minimum Gasteiger partial charge on any atom is -0.369 e. The van der Waals surface area contributed by atoms with Gasteiger partial charge in [0.2, 0.25) is 5.91 Å². The van der Waals surface area contributed by atoms with Gasteiger partial charge in [-0.05, 0) is 43.2 Å². The van der Waals surface area contributed by atoms with Crippen LogP contribution < -0.4 is 11.5 Å². The van der Waals surface area contributed by atoms with Gasteiger partial charge < -0.3 is 11.5 Å². The quantitative estimate of drug-likeness (QED) is 0.817. The SMILES string of the molecule is NC(=O)C1(c2cccc(CC3(N)CC3)c2)CC1. The lowest BCUT2D eigenvalue weighted by Gasteiger charge is -2.14. The van der Waals surface area contributed by atoms with Gasteiger partial charge >= 0.3 is 0 Å². The topological polar surface area (TPSA) is 69.1 Å². The highest BCUT2D eigenvalue weighted by atomic mass is 16.1. The molecule has 2 fully saturated rings. The Hall–Kier alpha value is -1.35.